The monoisotopic (exact) mass is 477 g/mol. The predicted octanol–water partition coefficient (Wildman–Crippen LogP) is 3.00. The lowest BCUT2D eigenvalue weighted by Crippen LogP contribution is -2.41. The van der Waals surface area contributed by atoms with Gasteiger partial charge in [0, 0.05) is 5.69 Å². The number of hydrogen-bond acceptors (Lipinski definition) is 7. The molecule has 1 aromatic carbocycles. The van der Waals surface area contributed by atoms with Crippen LogP contribution in [0.5, 0.6) is 0 Å². The molecule has 1 aromatic heterocycles. The quantitative estimate of drug-likeness (QED) is 0.356. The fourth-order valence-electron chi connectivity index (χ4n) is 4.49. The van der Waals surface area contributed by atoms with Gasteiger partial charge in [0.15, 0.2) is 5.82 Å². The van der Waals surface area contributed by atoms with Crippen LogP contribution in [0.15, 0.2) is 29.2 Å². The van der Waals surface area contributed by atoms with Crippen LogP contribution in [-0.4, -0.2) is 36.7 Å². The summed E-state index contributed by atoms with van der Waals surface area (Å²) in [5.41, 5.74) is 6.58. The predicted molar refractivity (Wildman–Crippen MR) is 128 cm³/mol. The molecule has 0 aliphatic heterocycles. The van der Waals surface area contributed by atoms with Crippen molar-refractivity contribution in [3.05, 3.63) is 35.8 Å². The minimum atomic E-state index is -4.13. The number of imidazole rings is 1. The molecule has 1 aliphatic rings. The van der Waals surface area contributed by atoms with Crippen molar-refractivity contribution in [2.45, 2.75) is 64.9 Å². The summed E-state index contributed by atoms with van der Waals surface area (Å²) in [7, 11) is -4.13. The Morgan fingerprint density at radius 2 is 1.88 bits per heavy atom. The summed E-state index contributed by atoms with van der Waals surface area (Å²) >= 11 is 0. The minimum Gasteiger partial charge on any atom is -0.461 e. The average molecular weight is 478 g/mol. The van der Waals surface area contributed by atoms with Gasteiger partial charge < -0.3 is 16.3 Å². The van der Waals surface area contributed by atoms with E-state index in [-0.39, 0.29) is 22.7 Å². The molecule has 1 aliphatic carbocycles. The molecule has 1 heterocycles. The van der Waals surface area contributed by atoms with Gasteiger partial charge in [-0.1, -0.05) is 27.2 Å². The maximum absolute atomic E-state index is 13.6. The van der Waals surface area contributed by atoms with E-state index in [0.717, 1.165) is 23.6 Å². The van der Waals surface area contributed by atoms with Crippen LogP contribution in [0.2, 0.25) is 0 Å². The Labute approximate surface area is 196 Å². The third-order valence-electron chi connectivity index (χ3n) is 6.52. The summed E-state index contributed by atoms with van der Waals surface area (Å²) in [6.45, 7) is 9.22. The summed E-state index contributed by atoms with van der Waals surface area (Å²) in [5, 5.41) is 0. The molecule has 3 atom stereocenters. The van der Waals surface area contributed by atoms with E-state index >= 15 is 0 Å². The first-order chi connectivity index (χ1) is 15.4. The molecule has 4 N–H and O–H groups in total. The number of nitrogen functional groups attached to an aromatic ring is 2. The summed E-state index contributed by atoms with van der Waals surface area (Å²) in [6, 6.07) is 5.81. The van der Waals surface area contributed by atoms with Crippen LogP contribution in [0.1, 0.15) is 51.6 Å². The lowest BCUT2D eigenvalue weighted by molar-refractivity contribution is -0.153. The summed E-state index contributed by atoms with van der Waals surface area (Å²) < 4.78 is 35.3. The van der Waals surface area contributed by atoms with Crippen LogP contribution in [-0.2, 0) is 19.6 Å². The Hall–Kier alpha value is -2.75. The van der Waals surface area contributed by atoms with Crippen molar-refractivity contribution in [1.29, 1.82) is 0 Å². The first kappa shape index (κ1) is 24.9. The van der Waals surface area contributed by atoms with Gasteiger partial charge in [-0.25, -0.2) is 22.4 Å². The van der Waals surface area contributed by atoms with Crippen molar-refractivity contribution in [3.8, 4) is 0 Å². The fraction of sp³-hybridized carbons (Fsp3) is 0.565. The van der Waals surface area contributed by atoms with Crippen molar-refractivity contribution < 1.29 is 17.9 Å². The third-order valence-corrected chi connectivity index (χ3v) is 8.27. The zero-order chi connectivity index (χ0) is 24.5. The van der Waals surface area contributed by atoms with E-state index in [2.05, 4.69) is 25.8 Å². The van der Waals surface area contributed by atoms with Crippen molar-refractivity contribution in [2.75, 3.05) is 22.4 Å². The molecule has 2 aromatic rings. The number of hydrogen-bond donors (Lipinski definition) is 2. The van der Waals surface area contributed by atoms with Gasteiger partial charge in [-0.2, -0.15) is 0 Å². The highest BCUT2D eigenvalue weighted by molar-refractivity contribution is 7.92. The number of nitrogens with two attached hydrogens (primary N) is 2. The highest BCUT2D eigenvalue weighted by atomic mass is 32.2. The number of nitrogens with zero attached hydrogens (tertiary/aromatic N) is 3. The molecule has 1 fully saturated rings. The molecule has 0 bridgehead atoms. The summed E-state index contributed by atoms with van der Waals surface area (Å²) in [4.78, 5) is 17.4. The number of carbonyl (C=O) groups is 1. The van der Waals surface area contributed by atoms with Gasteiger partial charge in [0.05, 0.1) is 10.6 Å². The van der Waals surface area contributed by atoms with Gasteiger partial charge in [-0.05, 0) is 68.7 Å². The van der Waals surface area contributed by atoms with E-state index in [1.165, 1.54) is 28.9 Å². The minimum absolute atomic E-state index is 0.000491. The van der Waals surface area contributed by atoms with Gasteiger partial charge in [-0.15, -0.1) is 0 Å². The second kappa shape index (κ2) is 9.62. The maximum atomic E-state index is 13.6. The smallest absolute Gasteiger partial charge is 0.327 e. The highest BCUT2D eigenvalue weighted by Crippen LogP contribution is 2.35. The molecule has 182 valence electrons. The van der Waals surface area contributed by atoms with Gasteiger partial charge in [0.25, 0.3) is 10.0 Å². The molecule has 0 amide bonds. The highest BCUT2D eigenvalue weighted by Gasteiger charge is 2.36. The Kier molecular flexibility index (Phi) is 7.26. The molecule has 0 radical (unpaired) electrons. The normalized spacial score (nSPS) is 21.2. The maximum Gasteiger partial charge on any atom is 0.327 e. The number of rotatable bonds is 7. The van der Waals surface area contributed by atoms with E-state index in [4.69, 9.17) is 16.3 Å². The van der Waals surface area contributed by atoms with E-state index in [1.54, 1.807) is 13.8 Å². The number of sulfonamides is 1. The number of ether oxygens (including phenoxy) is 1. The Balaban J connectivity index is 1.93. The lowest BCUT2D eigenvalue weighted by Gasteiger charge is -2.37. The molecule has 3 rings (SSSR count). The van der Waals surface area contributed by atoms with Gasteiger partial charge in [0.2, 0.25) is 0 Å². The number of aryl methyl sites for hydroxylation is 1. The molecule has 9 nitrogen and oxygen atoms in total. The van der Waals surface area contributed by atoms with Crippen LogP contribution >= 0.6 is 0 Å². The Bertz CT molecular complexity index is 1090. The second-order valence-corrected chi connectivity index (χ2v) is 11.2. The number of carbonyl (C=O) groups excluding carboxylic acids is 1. The van der Waals surface area contributed by atoms with E-state index in [1.807, 2.05) is 0 Å². The molecule has 10 heteroatoms. The van der Waals surface area contributed by atoms with E-state index < -0.39 is 22.5 Å². The first-order valence-electron chi connectivity index (χ1n) is 11.3. The first-order valence-corrected chi connectivity index (χ1v) is 12.7. The van der Waals surface area contributed by atoms with E-state index in [9.17, 15) is 13.2 Å². The number of aromatic nitrogens is 2. The Morgan fingerprint density at radius 1 is 1.24 bits per heavy atom. The largest absolute Gasteiger partial charge is 0.461 e. The summed E-state index contributed by atoms with van der Waals surface area (Å²) in [6.07, 6.45) is 2.62. The van der Waals surface area contributed by atoms with Crippen LogP contribution < -0.4 is 15.9 Å². The van der Waals surface area contributed by atoms with Gasteiger partial charge in [-0.3, -0.25) is 4.79 Å². The van der Waals surface area contributed by atoms with Crippen LogP contribution in [0.4, 0.5) is 11.5 Å². The zero-order valence-corrected chi connectivity index (χ0v) is 20.8. The molecule has 33 heavy (non-hydrogen) atoms. The van der Waals surface area contributed by atoms with Gasteiger partial charge >= 0.3 is 5.97 Å². The Morgan fingerprint density at radius 3 is 2.42 bits per heavy atom. The average Bonchev–Trinajstić information content (AvgIpc) is 2.99. The van der Waals surface area contributed by atoms with Crippen molar-refractivity contribution in [3.63, 3.8) is 0 Å². The van der Waals surface area contributed by atoms with Gasteiger partial charge in [0.1, 0.15) is 18.5 Å². The lowest BCUT2D eigenvalue weighted by atomic mass is 9.75. The summed E-state index contributed by atoms with van der Waals surface area (Å²) in [5.74, 6) is 6.97. The number of benzene rings is 1. The van der Waals surface area contributed by atoms with Crippen molar-refractivity contribution in [2.24, 2.45) is 17.8 Å². The van der Waals surface area contributed by atoms with Crippen LogP contribution in [0.3, 0.4) is 0 Å². The second-order valence-electron chi connectivity index (χ2n) is 9.37. The third kappa shape index (κ3) is 5.26. The SMILES string of the molecule is Cc1nc(N(CC(=O)O[C@@H]2C[C@@H](C)CC[C@@H]2C(C)C)S(=O)(=O)c2ccc(N)cc2)c(C)n1N. The molecule has 0 saturated heterocycles. The standard InChI is InChI=1S/C23H35N5O4S/c1-14(2)20-11-6-15(3)12-21(20)32-22(29)13-27(23-16(4)28(25)17(5)26-23)33(30,31)19-9-7-18(24)8-10-19/h7-10,14-15,20-21H,6,11-13,24-25H2,1-5H3/t15-,20+,21+/m0/s1. The molecule has 1 saturated carbocycles. The molecular weight excluding hydrogens is 442 g/mol. The molecule has 0 spiro atoms. The fourth-order valence-corrected chi connectivity index (χ4v) is 5.90. The molecule has 0 unspecified atom stereocenters. The zero-order valence-electron chi connectivity index (χ0n) is 20.0. The topological polar surface area (TPSA) is 134 Å². The van der Waals surface area contributed by atoms with Crippen LogP contribution in [0.25, 0.3) is 0 Å². The number of anilines is 2. The molecular formula is C23H35N5O4S. The van der Waals surface area contributed by atoms with Crippen molar-refractivity contribution in [1.82, 2.24) is 9.66 Å². The van der Waals surface area contributed by atoms with Crippen LogP contribution in [0, 0.1) is 31.6 Å². The van der Waals surface area contributed by atoms with E-state index in [0.29, 0.717) is 29.0 Å². The van der Waals surface area contributed by atoms with Crippen molar-refractivity contribution >= 4 is 27.5 Å². The number of esters is 1.